The Morgan fingerprint density at radius 1 is 0.968 bits per heavy atom. The first-order valence-corrected chi connectivity index (χ1v) is 11.4. The summed E-state index contributed by atoms with van der Waals surface area (Å²) in [7, 11) is 0. The summed E-state index contributed by atoms with van der Waals surface area (Å²) in [5.74, 6) is 0.0462. The Morgan fingerprint density at radius 2 is 1.61 bits per heavy atom. The molecule has 0 fully saturated rings. The third-order valence-corrected chi connectivity index (χ3v) is 6.32. The predicted octanol–water partition coefficient (Wildman–Crippen LogP) is 6.37. The molecule has 0 spiro atoms. The Kier molecular flexibility index (Phi) is 6.23. The van der Waals surface area contributed by atoms with Crippen LogP contribution in [0.2, 0.25) is 0 Å². The third-order valence-electron chi connectivity index (χ3n) is 5.79. The molecular weight excluding hydrogens is 452 g/mol. The number of benzene rings is 3. The van der Waals surface area contributed by atoms with Crippen molar-refractivity contribution in [1.29, 1.82) is 0 Å². The smallest absolute Gasteiger partial charge is 0.258 e. The van der Waals surface area contributed by atoms with Gasteiger partial charge in [0.25, 0.3) is 5.91 Å². The minimum Gasteiger partial charge on any atom is -0.309 e. The van der Waals surface area contributed by atoms with E-state index in [1.54, 1.807) is 0 Å². The molecule has 1 heterocycles. The van der Waals surface area contributed by atoms with Crippen LogP contribution >= 0.6 is 15.9 Å². The number of rotatable bonds is 4. The molecule has 0 aliphatic carbocycles. The molecule has 0 saturated carbocycles. The normalized spacial score (nSPS) is 17.7. The molecule has 3 aromatic rings. The molecule has 0 bridgehead atoms. The van der Waals surface area contributed by atoms with Crippen LogP contribution in [0.3, 0.4) is 0 Å². The van der Waals surface area contributed by atoms with E-state index in [1.165, 1.54) is 0 Å². The number of fused-ring (bicyclic) bond motifs is 1. The molecule has 0 N–H and O–H groups in total. The van der Waals surface area contributed by atoms with Crippen LogP contribution in [0.4, 0.5) is 11.4 Å². The highest BCUT2D eigenvalue weighted by Crippen LogP contribution is 2.42. The van der Waals surface area contributed by atoms with Gasteiger partial charge in [0.15, 0.2) is 0 Å². The summed E-state index contributed by atoms with van der Waals surface area (Å²) in [6.45, 7) is 3.95. The Morgan fingerprint density at radius 3 is 2.29 bits per heavy atom. The van der Waals surface area contributed by atoms with Crippen LogP contribution in [0, 0.1) is 0 Å². The van der Waals surface area contributed by atoms with E-state index >= 15 is 0 Å². The van der Waals surface area contributed by atoms with E-state index in [9.17, 15) is 9.59 Å². The van der Waals surface area contributed by atoms with E-state index < -0.39 is 0 Å². The molecule has 5 heteroatoms. The van der Waals surface area contributed by atoms with Crippen molar-refractivity contribution >= 4 is 39.1 Å². The highest BCUT2D eigenvalue weighted by atomic mass is 79.9. The lowest BCUT2D eigenvalue weighted by Gasteiger charge is -2.43. The first-order chi connectivity index (χ1) is 15.0. The van der Waals surface area contributed by atoms with Gasteiger partial charge in [0, 0.05) is 33.9 Å². The fourth-order valence-corrected chi connectivity index (χ4v) is 4.60. The Balaban J connectivity index is 1.84. The summed E-state index contributed by atoms with van der Waals surface area (Å²) < 4.78 is 0.931. The standard InChI is InChI=1S/C26H25BrN2O2/c1-3-25(30)28-18(2)17-24(22-11-7-8-12-23(22)28)29(21-9-5-4-6-10-21)26(31)19-13-15-20(27)16-14-19/h4-16,18,24H,3,17H2,1-2H3/t18-,24+/m1/s1. The predicted molar refractivity (Wildman–Crippen MR) is 128 cm³/mol. The fourth-order valence-electron chi connectivity index (χ4n) is 4.34. The molecular formula is C26H25BrN2O2. The van der Waals surface area contributed by atoms with Crippen molar-refractivity contribution in [2.24, 2.45) is 0 Å². The number of amides is 2. The van der Waals surface area contributed by atoms with Crippen LogP contribution in [0.5, 0.6) is 0 Å². The van der Waals surface area contributed by atoms with Crippen molar-refractivity contribution in [3.05, 3.63) is 94.5 Å². The molecule has 0 radical (unpaired) electrons. The minimum absolute atomic E-state index is 0.0173. The van der Waals surface area contributed by atoms with Crippen molar-refractivity contribution in [3.8, 4) is 0 Å². The molecule has 4 rings (SSSR count). The molecule has 0 unspecified atom stereocenters. The lowest BCUT2D eigenvalue weighted by molar-refractivity contribution is -0.118. The van der Waals surface area contributed by atoms with Gasteiger partial charge in [-0.25, -0.2) is 0 Å². The maximum atomic E-state index is 13.8. The number of hydrogen-bond acceptors (Lipinski definition) is 2. The van der Waals surface area contributed by atoms with Gasteiger partial charge in [0.1, 0.15) is 0 Å². The maximum absolute atomic E-state index is 13.8. The van der Waals surface area contributed by atoms with E-state index in [0.717, 1.165) is 21.4 Å². The zero-order valence-electron chi connectivity index (χ0n) is 17.7. The molecule has 31 heavy (non-hydrogen) atoms. The van der Waals surface area contributed by atoms with Crippen molar-refractivity contribution in [3.63, 3.8) is 0 Å². The van der Waals surface area contributed by atoms with Crippen LogP contribution in [0.15, 0.2) is 83.3 Å². The van der Waals surface area contributed by atoms with Gasteiger partial charge in [0.2, 0.25) is 5.91 Å². The number of anilines is 2. The third kappa shape index (κ3) is 4.15. The number of nitrogens with zero attached hydrogens (tertiary/aromatic N) is 2. The lowest BCUT2D eigenvalue weighted by Crippen LogP contribution is -2.47. The monoisotopic (exact) mass is 476 g/mol. The highest BCUT2D eigenvalue weighted by molar-refractivity contribution is 9.10. The molecule has 1 aliphatic rings. The summed E-state index contributed by atoms with van der Waals surface area (Å²) in [6, 6.07) is 25.0. The highest BCUT2D eigenvalue weighted by Gasteiger charge is 2.38. The summed E-state index contributed by atoms with van der Waals surface area (Å²) in [4.78, 5) is 30.3. The quantitative estimate of drug-likeness (QED) is 0.438. The summed E-state index contributed by atoms with van der Waals surface area (Å²) in [6.07, 6.45) is 1.11. The van der Waals surface area contributed by atoms with Crippen LogP contribution < -0.4 is 9.80 Å². The van der Waals surface area contributed by atoms with Crippen molar-refractivity contribution in [2.75, 3.05) is 9.80 Å². The second-order valence-electron chi connectivity index (χ2n) is 7.79. The molecule has 0 aromatic heterocycles. The Bertz CT molecular complexity index is 1080. The van der Waals surface area contributed by atoms with Crippen LogP contribution in [0.25, 0.3) is 0 Å². The lowest BCUT2D eigenvalue weighted by atomic mass is 9.89. The molecule has 3 aromatic carbocycles. The first kappa shape index (κ1) is 21.3. The number of halogens is 1. The van der Waals surface area contributed by atoms with E-state index in [1.807, 2.05) is 95.6 Å². The number of hydrogen-bond donors (Lipinski definition) is 0. The summed E-state index contributed by atoms with van der Waals surface area (Å²) in [5, 5.41) is 0. The van der Waals surface area contributed by atoms with E-state index in [4.69, 9.17) is 0 Å². The summed E-state index contributed by atoms with van der Waals surface area (Å²) >= 11 is 3.45. The van der Waals surface area contributed by atoms with Gasteiger partial charge in [-0.15, -0.1) is 0 Å². The number of carbonyl (C=O) groups excluding carboxylic acids is 2. The molecule has 1 aliphatic heterocycles. The molecule has 0 saturated heterocycles. The van der Waals surface area contributed by atoms with Gasteiger partial charge >= 0.3 is 0 Å². The van der Waals surface area contributed by atoms with Crippen molar-refractivity contribution < 1.29 is 9.59 Å². The second-order valence-corrected chi connectivity index (χ2v) is 8.71. The largest absolute Gasteiger partial charge is 0.309 e. The van der Waals surface area contributed by atoms with Gasteiger partial charge in [-0.1, -0.05) is 59.3 Å². The second kappa shape index (κ2) is 9.06. The topological polar surface area (TPSA) is 40.6 Å². The number of para-hydroxylation sites is 2. The average molecular weight is 477 g/mol. The fraction of sp³-hybridized carbons (Fsp3) is 0.231. The van der Waals surface area contributed by atoms with Crippen molar-refractivity contribution in [1.82, 2.24) is 0 Å². The van der Waals surface area contributed by atoms with Crippen LogP contribution in [0.1, 0.15) is 48.7 Å². The van der Waals surface area contributed by atoms with E-state index in [2.05, 4.69) is 22.9 Å². The Hall–Kier alpha value is -2.92. The van der Waals surface area contributed by atoms with Crippen molar-refractivity contribution in [2.45, 2.75) is 38.8 Å². The van der Waals surface area contributed by atoms with Crippen LogP contribution in [-0.4, -0.2) is 17.9 Å². The molecule has 158 valence electrons. The Labute approximate surface area is 191 Å². The van der Waals surface area contributed by atoms with E-state index in [-0.39, 0.29) is 23.9 Å². The molecule has 4 nitrogen and oxygen atoms in total. The van der Waals surface area contributed by atoms with Gasteiger partial charge in [-0.05, 0) is 61.4 Å². The molecule has 2 atom stereocenters. The van der Waals surface area contributed by atoms with Gasteiger partial charge in [-0.2, -0.15) is 0 Å². The van der Waals surface area contributed by atoms with E-state index in [0.29, 0.717) is 18.4 Å². The zero-order valence-corrected chi connectivity index (χ0v) is 19.2. The van der Waals surface area contributed by atoms with Crippen LogP contribution in [-0.2, 0) is 4.79 Å². The summed E-state index contributed by atoms with van der Waals surface area (Å²) in [5.41, 5.74) is 3.36. The average Bonchev–Trinajstić information content (AvgIpc) is 2.80. The number of carbonyl (C=O) groups is 2. The minimum atomic E-state index is -0.175. The van der Waals surface area contributed by atoms with Gasteiger partial charge in [0.05, 0.1) is 6.04 Å². The molecule has 2 amide bonds. The van der Waals surface area contributed by atoms with Gasteiger partial charge < -0.3 is 9.80 Å². The maximum Gasteiger partial charge on any atom is 0.258 e. The zero-order chi connectivity index (χ0) is 22.0. The SMILES string of the molecule is CCC(=O)N1c2ccccc2[C@@H](N(C(=O)c2ccc(Br)cc2)c2ccccc2)C[C@H]1C. The first-order valence-electron chi connectivity index (χ1n) is 10.6. The van der Waals surface area contributed by atoms with Gasteiger partial charge in [-0.3, -0.25) is 9.59 Å².